The van der Waals surface area contributed by atoms with E-state index in [1.165, 1.54) is 18.4 Å². The number of sulfonamides is 1. The minimum Gasteiger partial charge on any atom is -0.468 e. The standard InChI is InChI=1S/C17H21BrN2O5S/c1-24-10-3-9-19-17(21)12-15(16-4-2-11-25-16)20-26(22,23)14-7-5-13(18)6-8-14/h2,4-8,11,15,20H,3,9-10,12H2,1H3,(H,19,21). The summed E-state index contributed by atoms with van der Waals surface area (Å²) in [5.41, 5.74) is 0. The lowest BCUT2D eigenvalue weighted by atomic mass is 10.1. The number of ether oxygens (including phenoxy) is 1. The molecule has 0 fully saturated rings. The van der Waals surface area contributed by atoms with Crippen molar-refractivity contribution >= 4 is 31.9 Å². The van der Waals surface area contributed by atoms with Gasteiger partial charge in [-0.15, -0.1) is 0 Å². The minimum atomic E-state index is -3.81. The Kier molecular flexibility index (Phi) is 7.83. The maximum Gasteiger partial charge on any atom is 0.241 e. The second-order valence-corrected chi connectivity index (χ2v) is 8.17. The summed E-state index contributed by atoms with van der Waals surface area (Å²) in [6, 6.07) is 8.71. The first-order chi connectivity index (χ1) is 12.4. The predicted octanol–water partition coefficient (Wildman–Crippen LogP) is 2.60. The van der Waals surface area contributed by atoms with Crippen molar-refractivity contribution in [1.29, 1.82) is 0 Å². The molecule has 0 aliphatic carbocycles. The van der Waals surface area contributed by atoms with E-state index in [1.807, 2.05) is 0 Å². The highest BCUT2D eigenvalue weighted by Crippen LogP contribution is 2.22. The van der Waals surface area contributed by atoms with Gasteiger partial charge in [-0.05, 0) is 42.8 Å². The van der Waals surface area contributed by atoms with Gasteiger partial charge in [0.15, 0.2) is 0 Å². The largest absolute Gasteiger partial charge is 0.468 e. The van der Waals surface area contributed by atoms with Gasteiger partial charge in [-0.2, -0.15) is 4.72 Å². The second kappa shape index (κ2) is 9.86. The van der Waals surface area contributed by atoms with Crippen LogP contribution in [0.5, 0.6) is 0 Å². The number of furan rings is 1. The molecular weight excluding hydrogens is 424 g/mol. The smallest absolute Gasteiger partial charge is 0.241 e. The maximum absolute atomic E-state index is 12.6. The number of rotatable bonds is 10. The summed E-state index contributed by atoms with van der Waals surface area (Å²) in [6.07, 6.45) is 2.04. The molecule has 0 saturated heterocycles. The molecule has 0 aliphatic heterocycles. The van der Waals surface area contributed by atoms with Gasteiger partial charge in [-0.1, -0.05) is 15.9 Å². The molecule has 0 saturated carbocycles. The molecule has 1 heterocycles. The van der Waals surface area contributed by atoms with Crippen LogP contribution in [0.4, 0.5) is 0 Å². The number of carbonyl (C=O) groups is 1. The molecule has 1 aromatic carbocycles. The number of hydrogen-bond donors (Lipinski definition) is 2. The molecule has 0 bridgehead atoms. The van der Waals surface area contributed by atoms with E-state index in [0.29, 0.717) is 25.3 Å². The molecular formula is C17H21BrN2O5S. The highest BCUT2D eigenvalue weighted by molar-refractivity contribution is 9.10. The van der Waals surface area contributed by atoms with Gasteiger partial charge in [-0.3, -0.25) is 4.79 Å². The summed E-state index contributed by atoms with van der Waals surface area (Å²) in [7, 11) is -2.22. The third kappa shape index (κ3) is 6.24. The van der Waals surface area contributed by atoms with Gasteiger partial charge < -0.3 is 14.5 Å². The van der Waals surface area contributed by atoms with E-state index in [0.717, 1.165) is 4.47 Å². The Balaban J connectivity index is 2.08. The Morgan fingerprint density at radius 1 is 1.27 bits per heavy atom. The van der Waals surface area contributed by atoms with E-state index in [4.69, 9.17) is 9.15 Å². The van der Waals surface area contributed by atoms with E-state index in [-0.39, 0.29) is 17.2 Å². The number of carbonyl (C=O) groups excluding carboxylic acids is 1. The van der Waals surface area contributed by atoms with Crippen LogP contribution in [0.1, 0.15) is 24.6 Å². The molecule has 1 unspecified atom stereocenters. The predicted molar refractivity (Wildman–Crippen MR) is 100 cm³/mol. The van der Waals surface area contributed by atoms with E-state index in [2.05, 4.69) is 26.0 Å². The Labute approximate surface area is 161 Å². The van der Waals surface area contributed by atoms with Gasteiger partial charge >= 0.3 is 0 Å². The average molecular weight is 445 g/mol. The fourth-order valence-corrected chi connectivity index (χ4v) is 3.73. The van der Waals surface area contributed by atoms with Gasteiger partial charge in [0.2, 0.25) is 15.9 Å². The summed E-state index contributed by atoms with van der Waals surface area (Å²) >= 11 is 3.27. The molecule has 1 atom stereocenters. The second-order valence-electron chi connectivity index (χ2n) is 5.54. The fraction of sp³-hybridized carbons (Fsp3) is 0.353. The quantitative estimate of drug-likeness (QED) is 0.548. The molecule has 7 nitrogen and oxygen atoms in total. The molecule has 2 rings (SSSR count). The maximum atomic E-state index is 12.6. The summed E-state index contributed by atoms with van der Waals surface area (Å²) in [5, 5.41) is 2.74. The molecule has 0 aliphatic rings. The lowest BCUT2D eigenvalue weighted by molar-refractivity contribution is -0.121. The summed E-state index contributed by atoms with van der Waals surface area (Å²) in [5.74, 6) is 0.0961. The van der Waals surface area contributed by atoms with Crippen LogP contribution in [-0.2, 0) is 19.6 Å². The highest BCUT2D eigenvalue weighted by Gasteiger charge is 2.25. The van der Waals surface area contributed by atoms with Crippen LogP contribution in [0.3, 0.4) is 0 Å². The molecule has 2 aromatic rings. The molecule has 2 N–H and O–H groups in total. The van der Waals surface area contributed by atoms with Crippen molar-refractivity contribution in [2.45, 2.75) is 23.8 Å². The SMILES string of the molecule is COCCCNC(=O)CC(NS(=O)(=O)c1ccc(Br)cc1)c1ccco1. The first kappa shape index (κ1) is 20.6. The van der Waals surface area contributed by atoms with Gasteiger partial charge in [0.05, 0.1) is 23.6 Å². The monoisotopic (exact) mass is 444 g/mol. The summed E-state index contributed by atoms with van der Waals surface area (Å²) in [6.45, 7) is 0.995. The molecule has 0 spiro atoms. The van der Waals surface area contributed by atoms with Crippen molar-refractivity contribution in [3.8, 4) is 0 Å². The molecule has 1 amide bonds. The number of nitrogens with one attached hydrogen (secondary N) is 2. The first-order valence-electron chi connectivity index (χ1n) is 7.99. The number of benzene rings is 1. The minimum absolute atomic E-state index is 0.0732. The number of amides is 1. The van der Waals surface area contributed by atoms with Crippen molar-refractivity contribution in [3.63, 3.8) is 0 Å². The average Bonchev–Trinajstić information content (AvgIpc) is 3.13. The van der Waals surface area contributed by atoms with Crippen LogP contribution in [0, 0.1) is 0 Å². The van der Waals surface area contributed by atoms with Crippen LogP contribution in [0.15, 0.2) is 56.4 Å². The molecule has 9 heteroatoms. The number of methoxy groups -OCH3 is 1. The van der Waals surface area contributed by atoms with E-state index < -0.39 is 16.1 Å². The van der Waals surface area contributed by atoms with Crippen LogP contribution >= 0.6 is 15.9 Å². The van der Waals surface area contributed by atoms with Crippen molar-refractivity contribution in [3.05, 3.63) is 52.9 Å². The third-order valence-electron chi connectivity index (χ3n) is 3.54. The Hall–Kier alpha value is -1.68. The van der Waals surface area contributed by atoms with E-state index in [9.17, 15) is 13.2 Å². The number of hydrogen-bond acceptors (Lipinski definition) is 5. The Morgan fingerprint density at radius 2 is 2.00 bits per heavy atom. The first-order valence-corrected chi connectivity index (χ1v) is 10.3. The zero-order chi connectivity index (χ0) is 19.0. The van der Waals surface area contributed by atoms with Gasteiger partial charge in [0.1, 0.15) is 5.76 Å². The lowest BCUT2D eigenvalue weighted by Gasteiger charge is -2.17. The van der Waals surface area contributed by atoms with Crippen molar-refractivity contribution in [2.75, 3.05) is 20.3 Å². The number of halogens is 1. The normalized spacial score (nSPS) is 12.7. The summed E-state index contributed by atoms with van der Waals surface area (Å²) < 4.78 is 38.8. The lowest BCUT2D eigenvalue weighted by Crippen LogP contribution is -2.34. The van der Waals surface area contributed by atoms with Crippen LogP contribution in [-0.4, -0.2) is 34.6 Å². The third-order valence-corrected chi connectivity index (χ3v) is 5.56. The molecule has 142 valence electrons. The van der Waals surface area contributed by atoms with Crippen molar-refractivity contribution < 1.29 is 22.4 Å². The Bertz CT molecular complexity index is 791. The van der Waals surface area contributed by atoms with Gasteiger partial charge in [0.25, 0.3) is 0 Å². The van der Waals surface area contributed by atoms with Gasteiger partial charge in [0, 0.05) is 24.7 Å². The molecule has 1 aromatic heterocycles. The van der Waals surface area contributed by atoms with E-state index in [1.54, 1.807) is 31.4 Å². The van der Waals surface area contributed by atoms with Crippen LogP contribution in [0.2, 0.25) is 0 Å². The zero-order valence-electron chi connectivity index (χ0n) is 14.3. The van der Waals surface area contributed by atoms with Crippen LogP contribution < -0.4 is 10.0 Å². The molecule has 26 heavy (non-hydrogen) atoms. The zero-order valence-corrected chi connectivity index (χ0v) is 16.7. The van der Waals surface area contributed by atoms with Crippen LogP contribution in [0.25, 0.3) is 0 Å². The summed E-state index contributed by atoms with van der Waals surface area (Å²) in [4.78, 5) is 12.3. The fourth-order valence-electron chi connectivity index (χ4n) is 2.26. The van der Waals surface area contributed by atoms with E-state index >= 15 is 0 Å². The van der Waals surface area contributed by atoms with Crippen molar-refractivity contribution in [1.82, 2.24) is 10.0 Å². The Morgan fingerprint density at radius 3 is 2.62 bits per heavy atom. The highest BCUT2D eigenvalue weighted by atomic mass is 79.9. The molecule has 0 radical (unpaired) electrons. The van der Waals surface area contributed by atoms with Crippen molar-refractivity contribution in [2.24, 2.45) is 0 Å². The topological polar surface area (TPSA) is 97.6 Å². The van der Waals surface area contributed by atoms with Gasteiger partial charge in [-0.25, -0.2) is 8.42 Å².